The quantitative estimate of drug-likeness (QED) is 0.0192. The Balaban J connectivity index is 0.000000256. The van der Waals surface area contributed by atoms with Crippen LogP contribution in [0.3, 0.4) is 0 Å². The molecule has 0 bridgehead atoms. The molecule has 0 aliphatic heterocycles. The SMILES string of the molecule is CC(C)(CNS(=O)(=O)c1ccc2c(Cl)cnc(N=C(N)N)c2c1)C(=O)O.CCOC(=O)C(C)(C)CNS(=O)(=O)c1ccc2c(Cl)cnc(Cl)c2c1.CCOC(=O)C(C)(C)CNS(=O)(=O)c1ccc2c(Cl)cnc(N=C(N)N)c2c1. The first-order valence-electron chi connectivity index (χ1n) is 23.2. The number of carbonyl (C=O) groups excluding carboxylic acids is 2. The van der Waals surface area contributed by atoms with Crippen molar-refractivity contribution in [3.05, 3.63) is 93.4 Å². The molecule has 0 spiro atoms. The van der Waals surface area contributed by atoms with Crippen LogP contribution in [-0.4, -0.2) is 108 Å². The number of carbonyl (C=O) groups is 3. The molecule has 0 saturated carbocycles. The molecule has 0 radical (unpaired) electrons. The number of sulfonamides is 3. The summed E-state index contributed by atoms with van der Waals surface area (Å²) in [6.45, 7) is 12.5. The summed E-state index contributed by atoms with van der Waals surface area (Å²) in [5.74, 6) is -2.30. The largest absolute Gasteiger partial charge is 0.481 e. The van der Waals surface area contributed by atoms with E-state index in [1.165, 1.54) is 81.0 Å². The van der Waals surface area contributed by atoms with Crippen molar-refractivity contribution >= 4 is 150 Å². The van der Waals surface area contributed by atoms with E-state index in [2.05, 4.69) is 39.1 Å². The number of carboxylic acids is 1. The molecule has 6 aromatic rings. The van der Waals surface area contributed by atoms with E-state index in [4.69, 9.17) is 83.9 Å². The molecule has 3 heterocycles. The molecule has 0 amide bonds. The Morgan fingerprint density at radius 1 is 0.519 bits per heavy atom. The van der Waals surface area contributed by atoms with Gasteiger partial charge in [-0.1, -0.05) is 64.6 Å². The number of rotatable bonds is 19. The van der Waals surface area contributed by atoms with Crippen molar-refractivity contribution in [3.63, 3.8) is 0 Å². The summed E-state index contributed by atoms with van der Waals surface area (Å²) in [4.78, 5) is 54.6. The zero-order chi connectivity index (χ0) is 59.6. The number of carboxylic acid groups (broad SMARTS) is 1. The standard InChI is InChI=1S/C17H22ClN5O4S.C16H18Cl2N2O4S.C15H18ClN5O4S/c1-4-27-15(24)17(2,3)9-22-28(25,26)10-5-6-11-12(7-10)14(23-16(19)20)21-8-13(11)18;1-4-24-15(21)16(2,3)9-20-25(22,23)10-5-6-11-12(7-10)14(18)19-8-13(11)17;1-15(2,13(22)23)7-20-26(24,25)8-3-4-9-10(5-8)12(21-14(17)18)19-6-11(9)16/h5-8,22H,4,9H2,1-3H3,(H4,19,20,21,23);5-8,20H,4,9H2,1-3H3;3-6,20H,7H2,1-2H3,(H,22,23)(H4,17,18,19,21). The van der Waals surface area contributed by atoms with Gasteiger partial charge in [0.2, 0.25) is 30.1 Å². The number of nitrogens with two attached hydrogens (primary N) is 4. The Kier molecular flexibility index (Phi) is 21.8. The third kappa shape index (κ3) is 17.1. The van der Waals surface area contributed by atoms with Crippen LogP contribution in [0, 0.1) is 16.2 Å². The highest BCUT2D eigenvalue weighted by atomic mass is 35.5. The molecule has 0 aliphatic rings. The first kappa shape index (κ1) is 65.2. The van der Waals surface area contributed by atoms with Crippen molar-refractivity contribution in [2.75, 3.05) is 32.8 Å². The molecule has 0 unspecified atom stereocenters. The molecule has 0 aliphatic carbocycles. The first-order valence-corrected chi connectivity index (χ1v) is 29.1. The average molecular weight is 1230 g/mol. The highest BCUT2D eigenvalue weighted by Crippen LogP contribution is 2.34. The normalized spacial score (nSPS) is 12.2. The predicted molar refractivity (Wildman–Crippen MR) is 304 cm³/mol. The number of nitrogens with one attached hydrogen (secondary N) is 3. The lowest BCUT2D eigenvalue weighted by Crippen LogP contribution is -2.39. The molecule has 12 N–H and O–H groups in total. The number of guanidine groups is 2. The molecule has 3 aromatic carbocycles. The maximum Gasteiger partial charge on any atom is 0.312 e. The fourth-order valence-electron chi connectivity index (χ4n) is 6.38. The fraction of sp³-hybridized carbons (Fsp3) is 0.333. The number of hydrogen-bond donors (Lipinski definition) is 8. The third-order valence-electron chi connectivity index (χ3n) is 11.1. The highest BCUT2D eigenvalue weighted by Gasteiger charge is 2.33. The molecule has 31 heteroatoms. The Bertz CT molecular complexity index is 3710. The Morgan fingerprint density at radius 3 is 1.14 bits per heavy atom. The van der Waals surface area contributed by atoms with Gasteiger partial charge in [-0.05, 0) is 91.8 Å². The number of aliphatic carboxylic acids is 1. The number of esters is 2. The second kappa shape index (κ2) is 26.3. The van der Waals surface area contributed by atoms with Crippen LogP contribution in [-0.2, 0) is 53.9 Å². The van der Waals surface area contributed by atoms with Crippen molar-refractivity contribution in [2.24, 2.45) is 49.2 Å². The first-order chi connectivity index (χ1) is 36.5. The van der Waals surface area contributed by atoms with Gasteiger partial charge in [-0.2, -0.15) is 9.98 Å². The minimum absolute atomic E-state index is 0.00521. The minimum atomic E-state index is -3.97. The lowest BCUT2D eigenvalue weighted by atomic mass is 9.94. The smallest absolute Gasteiger partial charge is 0.312 e. The van der Waals surface area contributed by atoms with Crippen LogP contribution < -0.4 is 37.1 Å². The van der Waals surface area contributed by atoms with Gasteiger partial charge in [0.1, 0.15) is 5.15 Å². The van der Waals surface area contributed by atoms with Gasteiger partial charge in [-0.25, -0.2) is 54.4 Å². The number of aliphatic imine (C=N–C) groups is 2. The molecule has 0 fully saturated rings. The zero-order valence-corrected chi connectivity index (χ0v) is 49.2. The third-order valence-corrected chi connectivity index (χ3v) is 16.5. The van der Waals surface area contributed by atoms with Crippen LogP contribution in [0.5, 0.6) is 0 Å². The predicted octanol–water partition coefficient (Wildman–Crippen LogP) is 6.25. The van der Waals surface area contributed by atoms with Gasteiger partial charge in [0.15, 0.2) is 23.6 Å². The van der Waals surface area contributed by atoms with Gasteiger partial charge in [0, 0.05) is 70.5 Å². The summed E-state index contributed by atoms with van der Waals surface area (Å²) in [7, 11) is -11.8. The lowest BCUT2D eigenvalue weighted by Gasteiger charge is -2.22. The van der Waals surface area contributed by atoms with E-state index < -0.39 is 64.2 Å². The van der Waals surface area contributed by atoms with Gasteiger partial charge in [0.25, 0.3) is 0 Å². The van der Waals surface area contributed by atoms with Gasteiger partial charge in [0.05, 0.1) is 59.2 Å². The number of aromatic nitrogens is 3. The zero-order valence-electron chi connectivity index (χ0n) is 43.7. The van der Waals surface area contributed by atoms with E-state index in [1.807, 2.05) is 0 Å². The van der Waals surface area contributed by atoms with Gasteiger partial charge >= 0.3 is 17.9 Å². The van der Waals surface area contributed by atoms with Crippen molar-refractivity contribution < 1.29 is 54.2 Å². The van der Waals surface area contributed by atoms with Crippen LogP contribution >= 0.6 is 46.4 Å². The van der Waals surface area contributed by atoms with Crippen molar-refractivity contribution in [3.8, 4) is 0 Å². The van der Waals surface area contributed by atoms with Gasteiger partial charge < -0.3 is 37.5 Å². The van der Waals surface area contributed by atoms with Gasteiger partial charge in [-0.15, -0.1) is 0 Å². The molecule has 24 nitrogen and oxygen atoms in total. The van der Waals surface area contributed by atoms with Crippen LogP contribution in [0.25, 0.3) is 32.3 Å². The highest BCUT2D eigenvalue weighted by molar-refractivity contribution is 7.90. The van der Waals surface area contributed by atoms with E-state index >= 15 is 0 Å². The van der Waals surface area contributed by atoms with Crippen molar-refractivity contribution in [1.82, 2.24) is 29.1 Å². The summed E-state index contributed by atoms with van der Waals surface area (Å²) in [5, 5.41) is 13.1. The molecular formula is C48H58Cl4N12O12S3. The molecule has 3 aromatic heterocycles. The minimum Gasteiger partial charge on any atom is -0.481 e. The van der Waals surface area contributed by atoms with E-state index in [9.17, 15) is 39.6 Å². The second-order valence-electron chi connectivity index (χ2n) is 18.8. The van der Waals surface area contributed by atoms with E-state index in [0.29, 0.717) is 47.4 Å². The van der Waals surface area contributed by atoms with Crippen LogP contribution in [0.15, 0.2) is 97.9 Å². The topological polar surface area (TPSA) is 396 Å². The number of benzene rings is 3. The van der Waals surface area contributed by atoms with E-state index in [0.717, 1.165) is 0 Å². The molecule has 0 atom stereocenters. The second-order valence-corrected chi connectivity index (χ2v) is 25.7. The Labute approximate surface area is 476 Å². The summed E-state index contributed by atoms with van der Waals surface area (Å²) in [6.07, 6.45) is 4.13. The monoisotopic (exact) mass is 1230 g/mol. The van der Waals surface area contributed by atoms with E-state index in [-0.39, 0.29) is 76.2 Å². The Hall–Kier alpha value is -6.27. The lowest BCUT2D eigenvalue weighted by molar-refractivity contribution is -0.153. The fourth-order valence-corrected chi connectivity index (χ4v) is 10.9. The van der Waals surface area contributed by atoms with Crippen LogP contribution in [0.1, 0.15) is 55.4 Å². The molecule has 0 saturated heterocycles. The average Bonchev–Trinajstić information content (AvgIpc) is 3.44. The number of pyridine rings is 3. The maximum atomic E-state index is 12.7. The molecule has 79 heavy (non-hydrogen) atoms. The maximum absolute atomic E-state index is 12.7. The van der Waals surface area contributed by atoms with Crippen LogP contribution in [0.2, 0.25) is 20.2 Å². The molecular weight excluding hydrogens is 1170 g/mol. The van der Waals surface area contributed by atoms with Crippen molar-refractivity contribution in [2.45, 2.75) is 70.1 Å². The number of ether oxygens (including phenoxy) is 2. The van der Waals surface area contributed by atoms with E-state index in [1.54, 1.807) is 47.6 Å². The summed E-state index contributed by atoms with van der Waals surface area (Å²) in [5.41, 5.74) is 18.3. The number of halogens is 4. The van der Waals surface area contributed by atoms with Crippen LogP contribution in [0.4, 0.5) is 11.6 Å². The molecule has 6 rings (SSSR count). The number of hydrogen-bond acceptors (Lipinski definition) is 16. The number of fused-ring (bicyclic) bond motifs is 3. The summed E-state index contributed by atoms with van der Waals surface area (Å²) in [6, 6.07) is 12.9. The summed E-state index contributed by atoms with van der Waals surface area (Å²) < 4.78 is 92.6. The van der Waals surface area contributed by atoms with Gasteiger partial charge in [-0.3, -0.25) is 14.4 Å². The number of nitrogens with zero attached hydrogens (tertiary/aromatic N) is 5. The Morgan fingerprint density at radius 2 is 0.823 bits per heavy atom. The molecule has 428 valence electrons. The summed E-state index contributed by atoms with van der Waals surface area (Å²) >= 11 is 24.3. The van der Waals surface area contributed by atoms with Crippen molar-refractivity contribution in [1.29, 1.82) is 0 Å².